The average Bonchev–Trinajstić information content (AvgIpc) is 2.88. The molecule has 0 aliphatic heterocycles. The fraction of sp³-hybridized carbons (Fsp3) is 0.0667. The molecule has 0 spiro atoms. The molecule has 1 aromatic heterocycles. The minimum atomic E-state index is -0.963. The van der Waals surface area contributed by atoms with Gasteiger partial charge in [-0.15, -0.1) is 11.8 Å². The molecular weight excluding hydrogens is 274 g/mol. The van der Waals surface area contributed by atoms with E-state index in [1.54, 1.807) is 17.8 Å². The molecular formula is C15H11NO3S. The normalized spacial score (nSPS) is 10.8. The Bertz CT molecular complexity index is 752. The predicted molar refractivity (Wildman–Crippen MR) is 77.0 cm³/mol. The molecule has 2 aromatic carbocycles. The second-order valence-electron chi connectivity index (χ2n) is 4.20. The number of oxazole rings is 1. The fourth-order valence-corrected chi connectivity index (χ4v) is 2.59. The smallest absolute Gasteiger partial charge is 0.335 e. The van der Waals surface area contributed by atoms with Crippen LogP contribution in [-0.4, -0.2) is 16.1 Å². The first-order valence-corrected chi connectivity index (χ1v) is 7.01. The highest BCUT2D eigenvalue weighted by molar-refractivity contribution is 7.98. The average molecular weight is 285 g/mol. The Morgan fingerprint density at radius 2 is 2.00 bits per heavy atom. The Balaban J connectivity index is 1.80. The highest BCUT2D eigenvalue weighted by atomic mass is 32.2. The van der Waals surface area contributed by atoms with Crippen LogP contribution in [0.1, 0.15) is 16.2 Å². The first-order chi connectivity index (χ1) is 9.72. The lowest BCUT2D eigenvalue weighted by atomic mass is 10.2. The lowest BCUT2D eigenvalue weighted by Gasteiger charge is -1.96. The van der Waals surface area contributed by atoms with Gasteiger partial charge in [0.25, 0.3) is 0 Å². The molecule has 0 atom stereocenters. The molecule has 5 heteroatoms. The number of carboxylic acids is 1. The molecule has 1 heterocycles. The summed E-state index contributed by atoms with van der Waals surface area (Å²) in [5.41, 5.74) is 1.40. The van der Waals surface area contributed by atoms with Crippen molar-refractivity contribution in [1.82, 2.24) is 4.98 Å². The van der Waals surface area contributed by atoms with Crippen LogP contribution in [0.5, 0.6) is 0 Å². The number of carboxylic acid groups (broad SMARTS) is 1. The molecule has 0 aliphatic carbocycles. The zero-order valence-corrected chi connectivity index (χ0v) is 11.3. The topological polar surface area (TPSA) is 63.3 Å². The number of rotatable bonds is 4. The predicted octanol–water partition coefficient (Wildman–Crippen LogP) is 3.82. The molecule has 4 nitrogen and oxygen atoms in total. The van der Waals surface area contributed by atoms with Crippen molar-refractivity contribution < 1.29 is 14.3 Å². The summed E-state index contributed by atoms with van der Waals surface area (Å²) in [4.78, 5) is 16.4. The maximum atomic E-state index is 10.9. The zero-order chi connectivity index (χ0) is 13.9. The minimum Gasteiger partial charge on any atom is -0.478 e. The van der Waals surface area contributed by atoms with Gasteiger partial charge < -0.3 is 9.52 Å². The van der Waals surface area contributed by atoms with E-state index < -0.39 is 5.97 Å². The Labute approximate surface area is 119 Å². The number of hydrogen-bond acceptors (Lipinski definition) is 4. The van der Waals surface area contributed by atoms with Gasteiger partial charge in [0.1, 0.15) is 5.52 Å². The van der Waals surface area contributed by atoms with Crippen molar-refractivity contribution in [3.63, 3.8) is 0 Å². The van der Waals surface area contributed by atoms with E-state index in [0.29, 0.717) is 22.7 Å². The zero-order valence-electron chi connectivity index (χ0n) is 10.4. The molecule has 1 N–H and O–H groups in total. The largest absolute Gasteiger partial charge is 0.478 e. The number of aromatic nitrogens is 1. The van der Waals surface area contributed by atoms with Gasteiger partial charge in [0.05, 0.1) is 11.3 Å². The summed E-state index contributed by atoms with van der Waals surface area (Å²) in [5.74, 6) is 0.243. The monoisotopic (exact) mass is 285 g/mol. The van der Waals surface area contributed by atoms with Gasteiger partial charge in [-0.2, -0.15) is 0 Å². The van der Waals surface area contributed by atoms with E-state index >= 15 is 0 Å². The van der Waals surface area contributed by atoms with Crippen molar-refractivity contribution in [2.45, 2.75) is 10.6 Å². The van der Waals surface area contributed by atoms with Gasteiger partial charge in [0.15, 0.2) is 5.58 Å². The minimum absolute atomic E-state index is 0.216. The molecule has 20 heavy (non-hydrogen) atoms. The van der Waals surface area contributed by atoms with Crippen LogP contribution in [0.4, 0.5) is 0 Å². The standard InChI is InChI=1S/C15H11NO3S/c17-15(18)10-6-7-13-12(8-10)16-14(19-13)9-20-11-4-2-1-3-5-11/h1-8H,9H2,(H,17,18). The van der Waals surface area contributed by atoms with Crippen molar-refractivity contribution >= 4 is 28.8 Å². The van der Waals surface area contributed by atoms with Crippen LogP contribution in [0, 0.1) is 0 Å². The maximum absolute atomic E-state index is 10.9. The van der Waals surface area contributed by atoms with E-state index in [4.69, 9.17) is 9.52 Å². The summed E-state index contributed by atoms with van der Waals surface area (Å²) in [6, 6.07) is 14.7. The summed E-state index contributed by atoms with van der Waals surface area (Å²) >= 11 is 1.63. The third-order valence-corrected chi connectivity index (χ3v) is 3.78. The first-order valence-electron chi connectivity index (χ1n) is 6.03. The number of thioether (sulfide) groups is 1. The summed E-state index contributed by atoms with van der Waals surface area (Å²) in [6.45, 7) is 0. The van der Waals surface area contributed by atoms with Crippen LogP contribution in [0.3, 0.4) is 0 Å². The lowest BCUT2D eigenvalue weighted by Crippen LogP contribution is -1.94. The van der Waals surface area contributed by atoms with Crippen LogP contribution in [0.15, 0.2) is 57.8 Å². The third-order valence-electron chi connectivity index (χ3n) is 2.78. The maximum Gasteiger partial charge on any atom is 0.335 e. The summed E-state index contributed by atoms with van der Waals surface area (Å²) in [7, 11) is 0. The van der Waals surface area contributed by atoms with Crippen LogP contribution in [0.25, 0.3) is 11.1 Å². The van der Waals surface area contributed by atoms with Gasteiger partial charge in [-0.05, 0) is 30.3 Å². The van der Waals surface area contributed by atoms with E-state index in [1.807, 2.05) is 30.3 Å². The fourth-order valence-electron chi connectivity index (χ4n) is 1.83. The SMILES string of the molecule is O=C(O)c1ccc2oc(CSc3ccccc3)nc2c1. The first kappa shape index (κ1) is 12.7. The molecule has 0 fully saturated rings. The van der Waals surface area contributed by atoms with E-state index in [0.717, 1.165) is 4.90 Å². The Hall–Kier alpha value is -2.27. The molecule has 3 aromatic rings. The molecule has 0 bridgehead atoms. The number of hydrogen-bond donors (Lipinski definition) is 1. The van der Waals surface area contributed by atoms with E-state index in [1.165, 1.54) is 12.1 Å². The van der Waals surface area contributed by atoms with Gasteiger partial charge in [0, 0.05) is 4.90 Å². The van der Waals surface area contributed by atoms with Crippen molar-refractivity contribution in [3.05, 3.63) is 60.0 Å². The molecule has 100 valence electrons. The number of carbonyl (C=O) groups is 1. The number of nitrogens with zero attached hydrogens (tertiary/aromatic N) is 1. The Kier molecular flexibility index (Phi) is 3.43. The lowest BCUT2D eigenvalue weighted by molar-refractivity contribution is 0.0697. The summed E-state index contributed by atoms with van der Waals surface area (Å²) in [6.07, 6.45) is 0. The molecule has 0 unspecified atom stereocenters. The van der Waals surface area contributed by atoms with Crippen LogP contribution in [0.2, 0.25) is 0 Å². The molecule has 3 rings (SSSR count). The molecule has 0 saturated heterocycles. The van der Waals surface area contributed by atoms with Crippen LogP contribution in [-0.2, 0) is 5.75 Å². The van der Waals surface area contributed by atoms with Crippen molar-refractivity contribution in [3.8, 4) is 0 Å². The molecule has 0 amide bonds. The number of aromatic carboxylic acids is 1. The third kappa shape index (κ3) is 2.67. The van der Waals surface area contributed by atoms with Gasteiger partial charge >= 0.3 is 5.97 Å². The van der Waals surface area contributed by atoms with Gasteiger partial charge in [0.2, 0.25) is 5.89 Å². The summed E-state index contributed by atoms with van der Waals surface area (Å²) < 4.78 is 5.60. The van der Waals surface area contributed by atoms with Crippen molar-refractivity contribution in [1.29, 1.82) is 0 Å². The second kappa shape index (κ2) is 5.38. The van der Waals surface area contributed by atoms with Crippen molar-refractivity contribution in [2.24, 2.45) is 0 Å². The molecule has 0 radical (unpaired) electrons. The molecule has 0 aliphatic rings. The Morgan fingerprint density at radius 3 is 2.75 bits per heavy atom. The van der Waals surface area contributed by atoms with Crippen LogP contribution < -0.4 is 0 Å². The van der Waals surface area contributed by atoms with Gasteiger partial charge in [-0.1, -0.05) is 18.2 Å². The van der Waals surface area contributed by atoms with Crippen LogP contribution >= 0.6 is 11.8 Å². The Morgan fingerprint density at radius 1 is 1.20 bits per heavy atom. The van der Waals surface area contributed by atoms with E-state index in [2.05, 4.69) is 4.98 Å². The highest BCUT2D eigenvalue weighted by Gasteiger charge is 2.09. The number of benzene rings is 2. The summed E-state index contributed by atoms with van der Waals surface area (Å²) in [5, 5.41) is 8.94. The number of fused-ring (bicyclic) bond motifs is 1. The quantitative estimate of drug-likeness (QED) is 0.738. The second-order valence-corrected chi connectivity index (χ2v) is 5.25. The van der Waals surface area contributed by atoms with Crippen molar-refractivity contribution in [2.75, 3.05) is 0 Å². The highest BCUT2D eigenvalue weighted by Crippen LogP contribution is 2.24. The van der Waals surface area contributed by atoms with E-state index in [9.17, 15) is 4.79 Å². The van der Waals surface area contributed by atoms with Gasteiger partial charge in [-0.25, -0.2) is 9.78 Å². The van der Waals surface area contributed by atoms with E-state index in [-0.39, 0.29) is 5.56 Å². The molecule has 0 saturated carbocycles. The van der Waals surface area contributed by atoms with Gasteiger partial charge in [-0.3, -0.25) is 0 Å².